The fourth-order valence-corrected chi connectivity index (χ4v) is 3.78. The first-order valence-corrected chi connectivity index (χ1v) is 12.4. The van der Waals surface area contributed by atoms with Crippen LogP contribution in [0.5, 0.6) is 11.5 Å². The number of carboxylic acid groups (broad SMARTS) is 1. The van der Waals surface area contributed by atoms with Gasteiger partial charge in [0.1, 0.15) is 11.5 Å². The van der Waals surface area contributed by atoms with E-state index in [0.717, 1.165) is 53.3 Å². The molecular formula is C30H41O5-. The van der Waals surface area contributed by atoms with Crippen molar-refractivity contribution in [1.82, 2.24) is 0 Å². The van der Waals surface area contributed by atoms with Gasteiger partial charge in [-0.05, 0) is 52.7 Å². The molecule has 2 aromatic carbocycles. The molecule has 5 nitrogen and oxygen atoms in total. The molecule has 0 aliphatic carbocycles. The number of carboxylic acids is 1. The Morgan fingerprint density at radius 3 is 2.23 bits per heavy atom. The number of rotatable bonds is 11. The minimum absolute atomic E-state index is 0.0878. The number of hydrogen-bond donors (Lipinski definition) is 0. The third-order valence-electron chi connectivity index (χ3n) is 5.80. The average molecular weight is 482 g/mol. The van der Waals surface area contributed by atoms with E-state index in [9.17, 15) is 9.90 Å². The van der Waals surface area contributed by atoms with Crippen molar-refractivity contribution < 1.29 is 24.1 Å². The molecule has 0 unspecified atom stereocenters. The van der Waals surface area contributed by atoms with E-state index < -0.39 is 5.97 Å². The summed E-state index contributed by atoms with van der Waals surface area (Å²) >= 11 is 0. The van der Waals surface area contributed by atoms with Gasteiger partial charge in [0.2, 0.25) is 0 Å². The summed E-state index contributed by atoms with van der Waals surface area (Å²) in [5.74, 6) is 0.239. The summed E-state index contributed by atoms with van der Waals surface area (Å²) < 4.78 is 17.6. The highest BCUT2D eigenvalue weighted by molar-refractivity contribution is 5.85. The van der Waals surface area contributed by atoms with Gasteiger partial charge in [0.15, 0.2) is 6.79 Å². The zero-order chi connectivity index (χ0) is 26.2. The van der Waals surface area contributed by atoms with E-state index in [2.05, 4.69) is 60.6 Å². The van der Waals surface area contributed by atoms with Gasteiger partial charge in [0.05, 0.1) is 12.6 Å². The van der Waals surface area contributed by atoms with Gasteiger partial charge in [-0.25, -0.2) is 0 Å². The van der Waals surface area contributed by atoms with Crippen LogP contribution in [0.3, 0.4) is 0 Å². The maximum Gasteiger partial charge on any atom is 0.188 e. The molecule has 0 atom stereocenters. The highest BCUT2D eigenvalue weighted by Crippen LogP contribution is 2.45. The van der Waals surface area contributed by atoms with Crippen molar-refractivity contribution in [3.05, 3.63) is 53.1 Å². The van der Waals surface area contributed by atoms with Crippen LogP contribution in [0.15, 0.2) is 36.4 Å². The van der Waals surface area contributed by atoms with Gasteiger partial charge in [-0.3, -0.25) is 0 Å². The smallest absolute Gasteiger partial charge is 0.188 e. The second kappa shape index (κ2) is 12.3. The summed E-state index contributed by atoms with van der Waals surface area (Å²) in [6.45, 7) is 16.1. The van der Waals surface area contributed by atoms with Crippen molar-refractivity contribution in [3.63, 3.8) is 0 Å². The molecule has 0 aliphatic heterocycles. The second-order valence-corrected chi connectivity index (χ2v) is 10.9. The minimum atomic E-state index is -1.24. The van der Waals surface area contributed by atoms with Crippen LogP contribution in [0, 0.1) is 0 Å². The number of carbonyl (C=O) groups excluding carboxylic acids is 1. The highest BCUT2D eigenvalue weighted by atomic mass is 16.7. The Kier molecular flexibility index (Phi) is 9.96. The van der Waals surface area contributed by atoms with Gasteiger partial charge in [-0.2, -0.15) is 0 Å². The van der Waals surface area contributed by atoms with E-state index >= 15 is 0 Å². The van der Waals surface area contributed by atoms with E-state index in [1.807, 2.05) is 18.2 Å². The molecular weight excluding hydrogens is 440 g/mol. The third kappa shape index (κ3) is 8.14. The summed E-state index contributed by atoms with van der Waals surface area (Å²) in [4.78, 5) is 11.0. The molecule has 0 amide bonds. The first-order chi connectivity index (χ1) is 16.4. The lowest BCUT2D eigenvalue weighted by Gasteiger charge is -2.30. The summed E-state index contributed by atoms with van der Waals surface area (Å²) in [5.41, 5.74) is 4.55. The molecule has 2 aromatic rings. The Morgan fingerprint density at radius 2 is 1.66 bits per heavy atom. The van der Waals surface area contributed by atoms with Crippen LogP contribution in [0.2, 0.25) is 0 Å². The Hall–Kier alpha value is -2.79. The number of benzene rings is 2. The monoisotopic (exact) mass is 481 g/mol. The molecule has 0 aromatic heterocycles. The standard InChI is InChI=1S/C30H42O5/c1-9-10-11-16-34-28-24(18-22(29(2,3)4)19-25(28)30(5,6)7)23-17-21(13-15-27(31)32)12-14-26(23)35-20-33-8/h12-15,17-19H,9-11,16,20H2,1-8H3,(H,31,32)/p-1/b15-13+. The minimum Gasteiger partial charge on any atom is -0.545 e. The van der Waals surface area contributed by atoms with E-state index in [0.29, 0.717) is 12.4 Å². The fraction of sp³-hybridized carbons (Fsp3) is 0.500. The van der Waals surface area contributed by atoms with Crippen LogP contribution < -0.4 is 14.6 Å². The maximum absolute atomic E-state index is 11.0. The van der Waals surface area contributed by atoms with Crippen molar-refractivity contribution in [3.8, 4) is 22.6 Å². The van der Waals surface area contributed by atoms with Crippen LogP contribution in [-0.2, 0) is 20.4 Å². The number of carbonyl (C=O) groups is 1. The molecule has 0 radical (unpaired) electrons. The molecule has 0 spiro atoms. The number of hydrogen-bond acceptors (Lipinski definition) is 5. The molecule has 0 fully saturated rings. The largest absolute Gasteiger partial charge is 0.545 e. The normalized spacial score (nSPS) is 12.2. The quantitative estimate of drug-likeness (QED) is 0.215. The van der Waals surface area contributed by atoms with Crippen LogP contribution in [0.25, 0.3) is 17.2 Å². The number of unbranched alkanes of at least 4 members (excludes halogenated alkanes) is 2. The average Bonchev–Trinajstić information content (AvgIpc) is 2.77. The van der Waals surface area contributed by atoms with Crippen LogP contribution in [0.4, 0.5) is 0 Å². The van der Waals surface area contributed by atoms with Gasteiger partial charge in [-0.1, -0.05) is 79.5 Å². The predicted molar refractivity (Wildman–Crippen MR) is 141 cm³/mol. The summed E-state index contributed by atoms with van der Waals surface area (Å²) in [5, 5.41) is 11.0. The van der Waals surface area contributed by atoms with E-state index in [1.165, 1.54) is 11.6 Å². The topological polar surface area (TPSA) is 67.8 Å². The van der Waals surface area contributed by atoms with Crippen molar-refractivity contribution in [2.24, 2.45) is 0 Å². The molecule has 2 rings (SSSR count). The number of ether oxygens (including phenoxy) is 3. The third-order valence-corrected chi connectivity index (χ3v) is 5.80. The first-order valence-electron chi connectivity index (χ1n) is 12.4. The van der Waals surface area contributed by atoms with Gasteiger partial charge in [-0.15, -0.1) is 0 Å². The molecule has 0 bridgehead atoms. The van der Waals surface area contributed by atoms with Crippen molar-refractivity contribution in [2.45, 2.75) is 78.6 Å². The fourth-order valence-electron chi connectivity index (χ4n) is 3.78. The van der Waals surface area contributed by atoms with Gasteiger partial charge in [0.25, 0.3) is 0 Å². The predicted octanol–water partition coefficient (Wildman–Crippen LogP) is 6.26. The SMILES string of the molecule is CCCCCOc1c(-c2cc(/C=C/C(=O)[O-])ccc2OCOC)cc(C(C)(C)C)cc1C(C)(C)C. The molecule has 0 heterocycles. The Morgan fingerprint density at radius 1 is 0.943 bits per heavy atom. The number of methoxy groups -OCH3 is 1. The zero-order valence-electron chi connectivity index (χ0n) is 22.6. The first kappa shape index (κ1) is 28.4. The van der Waals surface area contributed by atoms with Gasteiger partial charge < -0.3 is 24.1 Å². The van der Waals surface area contributed by atoms with Crippen LogP contribution >= 0.6 is 0 Å². The summed E-state index contributed by atoms with van der Waals surface area (Å²) in [6, 6.07) is 10.0. The lowest BCUT2D eigenvalue weighted by molar-refractivity contribution is -0.297. The maximum atomic E-state index is 11.0. The summed E-state index contributed by atoms with van der Waals surface area (Å²) in [6.07, 6.45) is 5.75. The van der Waals surface area contributed by atoms with Gasteiger partial charge in [0, 0.05) is 23.8 Å². The molecule has 0 N–H and O–H groups in total. The van der Waals surface area contributed by atoms with Crippen molar-refractivity contribution in [1.29, 1.82) is 0 Å². The van der Waals surface area contributed by atoms with E-state index in [1.54, 1.807) is 7.11 Å². The van der Waals surface area contributed by atoms with Gasteiger partial charge >= 0.3 is 0 Å². The molecule has 0 saturated carbocycles. The number of aliphatic carboxylic acids is 1. The lowest BCUT2D eigenvalue weighted by atomic mass is 9.78. The Balaban J connectivity index is 2.85. The summed E-state index contributed by atoms with van der Waals surface area (Å²) in [7, 11) is 1.58. The molecule has 0 aliphatic rings. The lowest BCUT2D eigenvalue weighted by Crippen LogP contribution is -2.19. The van der Waals surface area contributed by atoms with Crippen LogP contribution in [-0.4, -0.2) is 26.5 Å². The molecule has 5 heteroatoms. The second-order valence-electron chi connectivity index (χ2n) is 10.9. The Labute approximate surface area is 211 Å². The highest BCUT2D eigenvalue weighted by Gasteiger charge is 2.27. The zero-order valence-corrected chi connectivity index (χ0v) is 22.6. The molecule has 0 saturated heterocycles. The Bertz CT molecular complexity index is 1020. The van der Waals surface area contributed by atoms with Crippen molar-refractivity contribution in [2.75, 3.05) is 20.5 Å². The van der Waals surface area contributed by atoms with Crippen molar-refractivity contribution >= 4 is 12.0 Å². The van der Waals surface area contributed by atoms with E-state index in [-0.39, 0.29) is 17.6 Å². The molecule has 192 valence electrons. The van der Waals surface area contributed by atoms with E-state index in [4.69, 9.17) is 14.2 Å². The van der Waals surface area contributed by atoms with Crippen LogP contribution in [0.1, 0.15) is 84.4 Å². The molecule has 35 heavy (non-hydrogen) atoms.